The van der Waals surface area contributed by atoms with Crippen molar-refractivity contribution in [2.75, 3.05) is 6.61 Å². The van der Waals surface area contributed by atoms with E-state index in [0.717, 1.165) is 0 Å². The van der Waals surface area contributed by atoms with Gasteiger partial charge >= 0.3 is 8.80 Å². The summed E-state index contributed by atoms with van der Waals surface area (Å²) in [5, 5.41) is 0. The molecule has 0 rings (SSSR count). The summed E-state index contributed by atoms with van der Waals surface area (Å²) in [6.45, 7) is 7.86. The second kappa shape index (κ2) is 5.56. The van der Waals surface area contributed by atoms with Crippen LogP contribution in [0.25, 0.3) is 0 Å². The van der Waals surface area contributed by atoms with E-state index >= 15 is 0 Å². The molecule has 0 aliphatic heterocycles. The van der Waals surface area contributed by atoms with E-state index in [2.05, 4.69) is 6.58 Å². The third kappa shape index (κ3) is 4.20. The van der Waals surface area contributed by atoms with Crippen molar-refractivity contribution in [2.24, 2.45) is 0 Å². The highest BCUT2D eigenvalue weighted by atomic mass is 28.4. The fourth-order valence-electron chi connectivity index (χ4n) is 0.824. The van der Waals surface area contributed by atoms with Gasteiger partial charge in [0, 0.05) is 26.2 Å². The summed E-state index contributed by atoms with van der Waals surface area (Å²) in [7, 11) is -3.33. The van der Waals surface area contributed by atoms with Crippen LogP contribution in [0.3, 0.4) is 0 Å². The van der Waals surface area contributed by atoms with Crippen molar-refractivity contribution < 1.29 is 22.9 Å². The van der Waals surface area contributed by atoms with Gasteiger partial charge in [0.25, 0.3) is 11.9 Å². The highest BCUT2D eigenvalue weighted by Crippen LogP contribution is 2.11. The van der Waals surface area contributed by atoms with E-state index in [1.165, 1.54) is 19.5 Å². The van der Waals surface area contributed by atoms with Gasteiger partial charge in [0.1, 0.15) is 0 Å². The fourth-order valence-corrected chi connectivity index (χ4v) is 2.47. The first-order chi connectivity index (χ1) is 6.45. The van der Waals surface area contributed by atoms with E-state index in [4.69, 9.17) is 13.3 Å². The highest BCUT2D eigenvalue weighted by Gasteiger charge is 2.44. The lowest BCUT2D eigenvalue weighted by Crippen LogP contribution is -2.46. The molecule has 5 nitrogen and oxygen atoms in total. The van der Waals surface area contributed by atoms with Crippen LogP contribution < -0.4 is 0 Å². The van der Waals surface area contributed by atoms with E-state index < -0.39 is 20.7 Å². The first kappa shape index (κ1) is 12.9. The molecule has 0 amide bonds. The molecule has 0 saturated carbocycles. The predicted molar refractivity (Wildman–Crippen MR) is 51.1 cm³/mol. The highest BCUT2D eigenvalue weighted by molar-refractivity contribution is 6.69. The second-order valence-corrected chi connectivity index (χ2v) is 4.74. The van der Waals surface area contributed by atoms with E-state index in [1.807, 2.05) is 0 Å². The van der Waals surface area contributed by atoms with Gasteiger partial charge in [0.2, 0.25) is 0 Å². The Bertz CT molecular complexity index is 222. The molecule has 0 aromatic carbocycles. The molecule has 0 heterocycles. The van der Waals surface area contributed by atoms with Crippen LogP contribution in [-0.4, -0.2) is 27.3 Å². The summed E-state index contributed by atoms with van der Waals surface area (Å²) in [5.74, 6) is -1.13. The molecule has 0 aliphatic rings. The molecular formula is C8H14O5Si. The van der Waals surface area contributed by atoms with E-state index in [0.29, 0.717) is 0 Å². The molecule has 0 aromatic rings. The third-order valence-electron chi connectivity index (χ3n) is 1.17. The SMILES string of the molecule is C=C[Si](OCC)(OC(C)=O)OC(C)=O. The zero-order chi connectivity index (χ0) is 11.2. The maximum absolute atomic E-state index is 10.8. The van der Waals surface area contributed by atoms with Crippen molar-refractivity contribution in [1.82, 2.24) is 0 Å². The van der Waals surface area contributed by atoms with Gasteiger partial charge in [-0.05, 0) is 6.92 Å². The molecule has 0 saturated heterocycles. The Hall–Kier alpha value is -1.14. The normalized spacial score (nSPS) is 10.5. The minimum Gasteiger partial charge on any atom is -0.461 e. The second-order valence-electron chi connectivity index (χ2n) is 2.43. The van der Waals surface area contributed by atoms with E-state index in [9.17, 15) is 9.59 Å². The first-order valence-corrected chi connectivity index (χ1v) is 5.92. The molecule has 0 aromatic heterocycles. The number of hydrogen-bond donors (Lipinski definition) is 0. The Morgan fingerprint density at radius 1 is 1.29 bits per heavy atom. The van der Waals surface area contributed by atoms with Crippen molar-refractivity contribution in [3.8, 4) is 0 Å². The van der Waals surface area contributed by atoms with Crippen LogP contribution in [0.5, 0.6) is 0 Å². The van der Waals surface area contributed by atoms with Crippen molar-refractivity contribution >= 4 is 20.7 Å². The summed E-state index contributed by atoms with van der Waals surface area (Å²) >= 11 is 0. The van der Waals surface area contributed by atoms with Gasteiger partial charge in [-0.1, -0.05) is 6.58 Å². The maximum Gasteiger partial charge on any atom is 0.664 e. The zero-order valence-electron chi connectivity index (χ0n) is 8.53. The molecule has 80 valence electrons. The molecular weight excluding hydrogens is 204 g/mol. The number of hydrogen-bond acceptors (Lipinski definition) is 5. The zero-order valence-corrected chi connectivity index (χ0v) is 9.53. The number of carbonyl (C=O) groups excluding carboxylic acids is 2. The molecule has 0 unspecified atom stereocenters. The van der Waals surface area contributed by atoms with Crippen LogP contribution in [0, 0.1) is 0 Å². The lowest BCUT2D eigenvalue weighted by atomic mass is 10.9. The first-order valence-electron chi connectivity index (χ1n) is 4.12. The Morgan fingerprint density at radius 2 is 1.71 bits per heavy atom. The Labute approximate surface area is 84.0 Å². The fraction of sp³-hybridized carbons (Fsp3) is 0.500. The minimum atomic E-state index is -3.33. The predicted octanol–water partition coefficient (Wildman–Crippen LogP) is 0.813. The van der Waals surface area contributed by atoms with Gasteiger partial charge in [0.15, 0.2) is 0 Å². The van der Waals surface area contributed by atoms with Crippen LogP contribution in [-0.2, 0) is 22.9 Å². The standard InChI is InChI=1S/C8H14O5Si/c1-5-11-14(6-2,12-7(3)9)13-8(4)10/h6H,2,5H2,1,3-4H3. The van der Waals surface area contributed by atoms with Crippen LogP contribution in [0.1, 0.15) is 20.8 Å². The molecule has 0 radical (unpaired) electrons. The lowest BCUT2D eigenvalue weighted by molar-refractivity contribution is -0.142. The Morgan fingerprint density at radius 3 is 1.93 bits per heavy atom. The Balaban J connectivity index is 4.66. The molecule has 0 spiro atoms. The topological polar surface area (TPSA) is 61.8 Å². The molecule has 0 aliphatic carbocycles. The maximum atomic E-state index is 10.8. The Kier molecular flexibility index (Phi) is 5.10. The van der Waals surface area contributed by atoms with Crippen LogP contribution in [0.4, 0.5) is 0 Å². The van der Waals surface area contributed by atoms with Gasteiger partial charge in [-0.3, -0.25) is 9.59 Å². The largest absolute Gasteiger partial charge is 0.664 e. The van der Waals surface area contributed by atoms with E-state index in [-0.39, 0.29) is 6.61 Å². The number of rotatable bonds is 5. The molecule has 14 heavy (non-hydrogen) atoms. The van der Waals surface area contributed by atoms with Gasteiger partial charge < -0.3 is 13.3 Å². The lowest BCUT2D eigenvalue weighted by Gasteiger charge is -2.23. The summed E-state index contributed by atoms with van der Waals surface area (Å²) in [6, 6.07) is 0. The number of carbonyl (C=O) groups is 2. The van der Waals surface area contributed by atoms with Gasteiger partial charge in [-0.25, -0.2) is 0 Å². The van der Waals surface area contributed by atoms with Crippen molar-refractivity contribution in [1.29, 1.82) is 0 Å². The van der Waals surface area contributed by atoms with Gasteiger partial charge in [-0.2, -0.15) is 0 Å². The van der Waals surface area contributed by atoms with E-state index in [1.54, 1.807) is 6.92 Å². The summed E-state index contributed by atoms with van der Waals surface area (Å²) in [4.78, 5) is 21.5. The molecule has 0 bridgehead atoms. The quantitative estimate of drug-likeness (QED) is 0.639. The minimum absolute atomic E-state index is 0.277. The molecule has 6 heteroatoms. The molecule has 0 fully saturated rings. The van der Waals surface area contributed by atoms with Crippen LogP contribution in [0.2, 0.25) is 0 Å². The average Bonchev–Trinajstić information content (AvgIpc) is 2.02. The monoisotopic (exact) mass is 218 g/mol. The molecule has 0 atom stereocenters. The summed E-state index contributed by atoms with van der Waals surface area (Å²) < 4.78 is 14.8. The van der Waals surface area contributed by atoms with Crippen molar-refractivity contribution in [3.63, 3.8) is 0 Å². The summed E-state index contributed by atoms with van der Waals surface area (Å²) in [6.07, 6.45) is 0. The van der Waals surface area contributed by atoms with Crippen molar-refractivity contribution in [2.45, 2.75) is 20.8 Å². The smallest absolute Gasteiger partial charge is 0.461 e. The third-order valence-corrected chi connectivity index (χ3v) is 3.50. The summed E-state index contributed by atoms with van der Waals surface area (Å²) in [5.41, 5.74) is 1.25. The van der Waals surface area contributed by atoms with Gasteiger partial charge in [0.05, 0.1) is 0 Å². The van der Waals surface area contributed by atoms with Crippen LogP contribution in [0.15, 0.2) is 12.3 Å². The molecule has 0 N–H and O–H groups in total. The van der Waals surface area contributed by atoms with Gasteiger partial charge in [-0.15, -0.1) is 0 Å². The van der Waals surface area contributed by atoms with Crippen molar-refractivity contribution in [3.05, 3.63) is 12.3 Å². The average molecular weight is 218 g/mol. The van der Waals surface area contributed by atoms with Crippen LogP contribution >= 0.6 is 0 Å².